The molecule has 0 aliphatic heterocycles. The molecule has 0 amide bonds. The van der Waals surface area contributed by atoms with Crippen LogP contribution in [0.5, 0.6) is 0 Å². The third kappa shape index (κ3) is 61.7. The minimum atomic E-state index is -5.39. The maximum Gasteiger partial charge on any atom is 3.00 e. The number of phosphoric acid groups is 1. The van der Waals surface area contributed by atoms with Gasteiger partial charge in [-0.25, -0.2) is 0 Å². The van der Waals surface area contributed by atoms with Gasteiger partial charge in [0.25, 0.3) is 0 Å². The molecular formula is GdO4PVY+3. The maximum absolute atomic E-state index is 8.55. The standard InChI is InChI=1S/Gd.H3O4P.V.Y/c;1-5(2,3)4;;/h;(H3,1,2,3,4);;/q+3;;;+3/p-3. The van der Waals surface area contributed by atoms with Gasteiger partial charge in [-0.2, -0.15) is 7.82 Å². The first-order valence-electron chi connectivity index (χ1n) is 0.730. The Labute approximate surface area is 116 Å². The van der Waals surface area contributed by atoms with Crippen LogP contribution in [0.4, 0.5) is 0 Å². The molecule has 0 aliphatic rings. The molecule has 0 atom stereocenters. The van der Waals surface area contributed by atoms with E-state index in [0.29, 0.717) is 0 Å². The van der Waals surface area contributed by atoms with E-state index in [9.17, 15) is 0 Å². The van der Waals surface area contributed by atoms with Gasteiger partial charge in [-0.1, -0.05) is 0 Å². The Morgan fingerprint density at radius 3 is 1.12 bits per heavy atom. The Hall–Kier alpha value is 3.12. The van der Waals surface area contributed by atoms with Gasteiger partial charge in [-0.15, -0.1) is 0 Å². The summed E-state index contributed by atoms with van der Waals surface area (Å²) in [4.78, 5) is 25.6. The van der Waals surface area contributed by atoms with Crippen molar-refractivity contribution < 1.29 is 110 Å². The molecule has 0 heterocycles. The number of hydrogen-bond acceptors (Lipinski definition) is 4. The van der Waals surface area contributed by atoms with E-state index in [0.717, 1.165) is 0 Å². The molecule has 0 N–H and O–H groups in total. The maximum atomic E-state index is 8.55. The van der Waals surface area contributed by atoms with Gasteiger partial charge in [0.15, 0.2) is 0 Å². The summed E-state index contributed by atoms with van der Waals surface area (Å²) in [5, 5.41) is 0. The SMILES string of the molecule is O=P([O-])([O-])[O-].[Gd+3].[V].[Y+3]. The van der Waals surface area contributed by atoms with Crippen LogP contribution in [-0.2, 0) is 55.8 Å². The van der Waals surface area contributed by atoms with Crippen molar-refractivity contribution in [1.29, 1.82) is 0 Å². The molecule has 0 fully saturated rings. The van der Waals surface area contributed by atoms with Crippen LogP contribution >= 0.6 is 7.82 Å². The quantitative estimate of drug-likeness (QED) is 0.416. The summed E-state index contributed by atoms with van der Waals surface area (Å²) in [6.07, 6.45) is 0. The molecule has 0 aromatic carbocycles. The van der Waals surface area contributed by atoms with E-state index in [1.165, 1.54) is 0 Å². The summed E-state index contributed by atoms with van der Waals surface area (Å²) in [6, 6.07) is 0. The summed E-state index contributed by atoms with van der Waals surface area (Å²) >= 11 is 0. The molecule has 0 bridgehead atoms. The molecule has 0 spiro atoms. The van der Waals surface area contributed by atoms with Crippen LogP contribution in [0.2, 0.25) is 0 Å². The van der Waals surface area contributed by atoms with E-state index in [1.807, 2.05) is 0 Å². The second kappa shape index (κ2) is 10.1. The summed E-state index contributed by atoms with van der Waals surface area (Å²) < 4.78 is 8.55. The molecule has 0 saturated heterocycles. The van der Waals surface area contributed by atoms with Gasteiger partial charge < -0.3 is 19.2 Å². The van der Waals surface area contributed by atoms with Crippen molar-refractivity contribution in [2.75, 3.05) is 0 Å². The van der Waals surface area contributed by atoms with E-state index < -0.39 is 7.82 Å². The van der Waals surface area contributed by atoms with Crippen molar-refractivity contribution >= 4 is 7.82 Å². The molecule has 0 aromatic rings. The zero-order valence-electron chi connectivity index (χ0n) is 3.46. The molecule has 8 heteroatoms. The van der Waals surface area contributed by atoms with E-state index in [1.54, 1.807) is 0 Å². The molecule has 0 aliphatic carbocycles. The molecule has 0 saturated carbocycles. The van der Waals surface area contributed by atoms with Crippen LogP contribution in [0.3, 0.4) is 0 Å². The Morgan fingerprint density at radius 2 is 1.12 bits per heavy atom. The molecule has 0 unspecified atom stereocenters. The molecule has 0 rings (SSSR count). The first-order chi connectivity index (χ1) is 2.00. The van der Waals surface area contributed by atoms with Gasteiger partial charge in [0, 0.05) is 18.6 Å². The van der Waals surface area contributed by atoms with Crippen molar-refractivity contribution in [3.63, 3.8) is 0 Å². The molecule has 42 valence electrons. The summed E-state index contributed by atoms with van der Waals surface area (Å²) in [6.45, 7) is 0. The Balaban J connectivity index is -0.0000000267. The van der Waals surface area contributed by atoms with E-state index in [-0.39, 0.29) is 91.2 Å². The summed E-state index contributed by atoms with van der Waals surface area (Å²) in [7, 11) is -5.39. The predicted molar refractivity (Wildman–Crippen MR) is 7.61 cm³/mol. The van der Waals surface area contributed by atoms with Crippen molar-refractivity contribution in [3.05, 3.63) is 0 Å². The first kappa shape index (κ1) is 22.5. The largest absolute Gasteiger partial charge is 3.00 e. The Kier molecular flexibility index (Phi) is 28.4. The van der Waals surface area contributed by atoms with Crippen molar-refractivity contribution in [1.82, 2.24) is 0 Å². The third-order valence-corrected chi connectivity index (χ3v) is 0. The predicted octanol–water partition coefficient (Wildman–Crippen LogP) is -2.83. The second-order valence-electron chi connectivity index (χ2n) is 0.447. The van der Waals surface area contributed by atoms with Crippen LogP contribution in [0.1, 0.15) is 0 Å². The van der Waals surface area contributed by atoms with Crippen molar-refractivity contribution in [3.8, 4) is 0 Å². The molecular weight excluding hydrogens is 392 g/mol. The Bertz CT molecular complexity index is 62.2. The fourth-order valence-corrected chi connectivity index (χ4v) is 0. The molecule has 4 nitrogen and oxygen atoms in total. The molecule has 0 aromatic heterocycles. The number of hydrogen-bond donors (Lipinski definition) is 0. The van der Waals surface area contributed by atoms with E-state index >= 15 is 0 Å². The smallest absolute Gasteiger partial charge is 0.822 e. The Morgan fingerprint density at radius 1 is 1.12 bits per heavy atom. The van der Waals surface area contributed by atoms with Gasteiger partial charge in [-0.05, 0) is 0 Å². The van der Waals surface area contributed by atoms with Gasteiger partial charge >= 0.3 is 72.6 Å². The van der Waals surface area contributed by atoms with Gasteiger partial charge in [0.05, 0.1) is 0 Å². The monoisotopic (exact) mass is 393 g/mol. The fourth-order valence-electron chi connectivity index (χ4n) is 0. The summed E-state index contributed by atoms with van der Waals surface area (Å²) in [5.41, 5.74) is 0. The summed E-state index contributed by atoms with van der Waals surface area (Å²) in [5.74, 6) is 0. The zero-order valence-corrected chi connectivity index (χ0v) is 10.9. The van der Waals surface area contributed by atoms with Crippen LogP contribution in [-0.4, -0.2) is 0 Å². The molecule has 8 heavy (non-hydrogen) atoms. The average Bonchev–Trinajstić information content (AvgIpc) is 0.722. The molecule has 2 radical (unpaired) electrons. The van der Waals surface area contributed by atoms with Gasteiger partial charge in [-0.3, -0.25) is 0 Å². The van der Waals surface area contributed by atoms with Crippen molar-refractivity contribution in [2.24, 2.45) is 0 Å². The normalized spacial score (nSPS) is 7.38. The van der Waals surface area contributed by atoms with Gasteiger partial charge in [0.2, 0.25) is 0 Å². The van der Waals surface area contributed by atoms with E-state index in [2.05, 4.69) is 0 Å². The minimum Gasteiger partial charge on any atom is -0.822 e. The van der Waals surface area contributed by atoms with Crippen LogP contribution in [0.25, 0.3) is 0 Å². The topological polar surface area (TPSA) is 86.2 Å². The third-order valence-electron chi connectivity index (χ3n) is 0. The second-order valence-corrected chi connectivity index (χ2v) is 1.34. The first-order valence-corrected chi connectivity index (χ1v) is 2.19. The van der Waals surface area contributed by atoms with E-state index in [4.69, 9.17) is 19.2 Å². The van der Waals surface area contributed by atoms with Crippen LogP contribution in [0.15, 0.2) is 0 Å². The van der Waals surface area contributed by atoms with Crippen LogP contribution < -0.4 is 14.7 Å². The minimum absolute atomic E-state index is 0. The van der Waals surface area contributed by atoms with Crippen molar-refractivity contribution in [2.45, 2.75) is 0 Å². The number of rotatable bonds is 0. The zero-order chi connectivity index (χ0) is 4.50. The average molecular weight is 392 g/mol. The fraction of sp³-hybridized carbons (Fsp3) is 0. The van der Waals surface area contributed by atoms with Gasteiger partial charge in [0.1, 0.15) is 0 Å². The van der Waals surface area contributed by atoms with Crippen LogP contribution in [0, 0.1) is 39.9 Å².